The minimum Gasteiger partial charge on any atom is -0.330 e. The number of aromatic nitrogens is 1. The third kappa shape index (κ3) is 3.89. The van der Waals surface area contributed by atoms with Crippen molar-refractivity contribution in [1.82, 2.24) is 9.88 Å². The average Bonchev–Trinajstić information content (AvgIpc) is 2.62. The van der Waals surface area contributed by atoms with Crippen LogP contribution in [0, 0.1) is 0 Å². The van der Waals surface area contributed by atoms with Crippen LogP contribution in [0.1, 0.15) is 31.5 Å². The van der Waals surface area contributed by atoms with E-state index >= 15 is 0 Å². The van der Waals surface area contributed by atoms with Crippen molar-refractivity contribution in [3.63, 3.8) is 0 Å². The molecule has 0 saturated heterocycles. The largest absolute Gasteiger partial charge is 0.330 e. The lowest BCUT2D eigenvalue weighted by Crippen LogP contribution is -2.30. The maximum Gasteiger partial charge on any atom is 0.0941 e. The highest BCUT2D eigenvalue weighted by molar-refractivity contribution is 7.09. The molecule has 0 fully saturated rings. The maximum atomic E-state index is 5.50. The lowest BCUT2D eigenvalue weighted by molar-refractivity contribution is 0.222. The third-order valence-electron chi connectivity index (χ3n) is 2.46. The van der Waals surface area contributed by atoms with Gasteiger partial charge in [0.05, 0.1) is 10.7 Å². The van der Waals surface area contributed by atoms with Crippen LogP contribution in [0.15, 0.2) is 5.38 Å². The zero-order valence-electron chi connectivity index (χ0n) is 9.86. The normalized spacial score (nSPS) is 11.6. The van der Waals surface area contributed by atoms with Crippen LogP contribution in [0.2, 0.25) is 0 Å². The maximum absolute atomic E-state index is 5.50. The van der Waals surface area contributed by atoms with E-state index in [4.69, 9.17) is 5.73 Å². The quantitative estimate of drug-likeness (QED) is 0.807. The lowest BCUT2D eigenvalue weighted by atomic mass is 10.3. The first kappa shape index (κ1) is 12.6. The molecule has 0 aliphatic carbocycles. The standard InChI is InChI=1S/C11H21N3S/c1-4-14(9(2)3)7-10-8-15-11(13-10)5-6-12/h8-9H,4-7,12H2,1-3H3. The Kier molecular flexibility index (Phi) is 5.22. The molecule has 0 saturated carbocycles. The van der Waals surface area contributed by atoms with E-state index < -0.39 is 0 Å². The number of nitrogens with two attached hydrogens (primary N) is 1. The van der Waals surface area contributed by atoms with E-state index in [0.29, 0.717) is 12.6 Å². The monoisotopic (exact) mass is 227 g/mol. The van der Waals surface area contributed by atoms with Gasteiger partial charge in [-0.3, -0.25) is 4.90 Å². The van der Waals surface area contributed by atoms with Crippen LogP contribution >= 0.6 is 11.3 Å². The van der Waals surface area contributed by atoms with E-state index in [1.807, 2.05) is 0 Å². The Labute approximate surface area is 96.3 Å². The van der Waals surface area contributed by atoms with E-state index in [-0.39, 0.29) is 0 Å². The molecule has 0 aliphatic rings. The van der Waals surface area contributed by atoms with E-state index in [1.54, 1.807) is 11.3 Å². The van der Waals surface area contributed by atoms with Gasteiger partial charge in [-0.05, 0) is 26.9 Å². The van der Waals surface area contributed by atoms with E-state index in [0.717, 1.165) is 24.5 Å². The third-order valence-corrected chi connectivity index (χ3v) is 3.42. The Hall–Kier alpha value is -0.450. The van der Waals surface area contributed by atoms with Crippen molar-refractivity contribution < 1.29 is 0 Å². The molecule has 1 heterocycles. The molecule has 3 nitrogen and oxygen atoms in total. The summed E-state index contributed by atoms with van der Waals surface area (Å²) in [5, 5.41) is 3.31. The van der Waals surface area contributed by atoms with Gasteiger partial charge >= 0.3 is 0 Å². The molecule has 0 spiro atoms. The van der Waals surface area contributed by atoms with Gasteiger partial charge in [-0.1, -0.05) is 6.92 Å². The summed E-state index contributed by atoms with van der Waals surface area (Å²) in [6.45, 7) is 9.34. The fraction of sp³-hybridized carbons (Fsp3) is 0.727. The van der Waals surface area contributed by atoms with Crippen LogP contribution < -0.4 is 5.73 Å². The number of thiazole rings is 1. The van der Waals surface area contributed by atoms with Gasteiger partial charge in [0.25, 0.3) is 0 Å². The van der Waals surface area contributed by atoms with Crippen LogP contribution in [-0.4, -0.2) is 29.0 Å². The summed E-state index contributed by atoms with van der Waals surface area (Å²) in [5.41, 5.74) is 6.68. The molecule has 4 heteroatoms. The summed E-state index contributed by atoms with van der Waals surface area (Å²) >= 11 is 1.72. The molecule has 0 bridgehead atoms. The lowest BCUT2D eigenvalue weighted by Gasteiger charge is -2.23. The van der Waals surface area contributed by atoms with Gasteiger partial charge in [0.1, 0.15) is 0 Å². The number of hydrogen-bond acceptors (Lipinski definition) is 4. The molecule has 1 rings (SSSR count). The topological polar surface area (TPSA) is 42.1 Å². The highest BCUT2D eigenvalue weighted by Gasteiger charge is 2.09. The van der Waals surface area contributed by atoms with Gasteiger partial charge in [0, 0.05) is 24.4 Å². The van der Waals surface area contributed by atoms with Crippen LogP contribution in [0.3, 0.4) is 0 Å². The zero-order valence-corrected chi connectivity index (χ0v) is 10.7. The van der Waals surface area contributed by atoms with E-state index in [1.165, 1.54) is 5.69 Å². The van der Waals surface area contributed by atoms with Crippen molar-refractivity contribution in [2.24, 2.45) is 5.73 Å². The first-order valence-corrected chi connectivity index (χ1v) is 6.42. The summed E-state index contributed by atoms with van der Waals surface area (Å²) in [6, 6.07) is 0.578. The predicted octanol–water partition coefficient (Wildman–Crippen LogP) is 1.87. The zero-order chi connectivity index (χ0) is 11.3. The second kappa shape index (κ2) is 6.20. The highest BCUT2D eigenvalue weighted by atomic mass is 32.1. The summed E-state index contributed by atoms with van der Waals surface area (Å²) in [4.78, 5) is 6.97. The molecule has 2 N–H and O–H groups in total. The smallest absolute Gasteiger partial charge is 0.0941 e. The molecule has 0 aromatic carbocycles. The second-order valence-electron chi connectivity index (χ2n) is 3.93. The molecular formula is C11H21N3S. The van der Waals surface area contributed by atoms with Gasteiger partial charge in [0.2, 0.25) is 0 Å². The Morgan fingerprint density at radius 2 is 2.27 bits per heavy atom. The van der Waals surface area contributed by atoms with Crippen LogP contribution in [0.5, 0.6) is 0 Å². The molecule has 0 unspecified atom stereocenters. The summed E-state index contributed by atoms with van der Waals surface area (Å²) in [5.74, 6) is 0. The Morgan fingerprint density at radius 1 is 1.53 bits per heavy atom. The SMILES string of the molecule is CCN(Cc1csc(CCN)n1)C(C)C. The predicted molar refractivity (Wildman–Crippen MR) is 66.1 cm³/mol. The summed E-state index contributed by atoms with van der Waals surface area (Å²) in [6.07, 6.45) is 0.901. The van der Waals surface area contributed by atoms with Crippen molar-refractivity contribution in [2.75, 3.05) is 13.1 Å². The van der Waals surface area contributed by atoms with Gasteiger partial charge in [0.15, 0.2) is 0 Å². The molecule has 0 radical (unpaired) electrons. The number of rotatable bonds is 6. The Balaban J connectivity index is 2.55. The van der Waals surface area contributed by atoms with Crippen molar-refractivity contribution >= 4 is 11.3 Å². The molecule has 0 aliphatic heterocycles. The van der Waals surface area contributed by atoms with Gasteiger partial charge in [-0.25, -0.2) is 4.98 Å². The molecule has 15 heavy (non-hydrogen) atoms. The van der Waals surface area contributed by atoms with E-state index in [9.17, 15) is 0 Å². The number of nitrogens with zero attached hydrogens (tertiary/aromatic N) is 2. The van der Waals surface area contributed by atoms with Crippen LogP contribution in [0.4, 0.5) is 0 Å². The number of hydrogen-bond donors (Lipinski definition) is 1. The van der Waals surface area contributed by atoms with E-state index in [2.05, 4.69) is 36.0 Å². The minimum absolute atomic E-state index is 0.578. The molecule has 0 atom stereocenters. The Bertz CT molecular complexity index is 283. The molecule has 1 aromatic rings. The first-order chi connectivity index (χ1) is 7.17. The minimum atomic E-state index is 0.578. The van der Waals surface area contributed by atoms with Gasteiger partial charge in [-0.15, -0.1) is 11.3 Å². The van der Waals surface area contributed by atoms with Crippen molar-refractivity contribution in [3.05, 3.63) is 16.1 Å². The molecular weight excluding hydrogens is 206 g/mol. The average molecular weight is 227 g/mol. The highest BCUT2D eigenvalue weighted by Crippen LogP contribution is 2.13. The molecule has 86 valence electrons. The summed E-state index contributed by atoms with van der Waals surface area (Å²) < 4.78 is 0. The fourth-order valence-electron chi connectivity index (χ4n) is 1.53. The molecule has 1 aromatic heterocycles. The van der Waals surface area contributed by atoms with Crippen molar-refractivity contribution in [3.8, 4) is 0 Å². The first-order valence-electron chi connectivity index (χ1n) is 5.54. The second-order valence-corrected chi connectivity index (χ2v) is 4.87. The van der Waals surface area contributed by atoms with Gasteiger partial charge in [-0.2, -0.15) is 0 Å². The molecule has 0 amide bonds. The van der Waals surface area contributed by atoms with Crippen LogP contribution in [-0.2, 0) is 13.0 Å². The van der Waals surface area contributed by atoms with Crippen molar-refractivity contribution in [1.29, 1.82) is 0 Å². The summed E-state index contributed by atoms with van der Waals surface area (Å²) in [7, 11) is 0. The van der Waals surface area contributed by atoms with Gasteiger partial charge < -0.3 is 5.73 Å². The van der Waals surface area contributed by atoms with Crippen molar-refractivity contribution in [2.45, 2.75) is 39.8 Å². The van der Waals surface area contributed by atoms with Crippen LogP contribution in [0.25, 0.3) is 0 Å². The Morgan fingerprint density at radius 3 is 2.80 bits per heavy atom. The fourth-order valence-corrected chi connectivity index (χ4v) is 2.33.